The zero-order valence-corrected chi connectivity index (χ0v) is 8.75. The quantitative estimate of drug-likeness (QED) is 0.564. The van der Waals surface area contributed by atoms with Crippen LogP contribution in [-0.2, 0) is 4.74 Å². The van der Waals surface area contributed by atoms with Gasteiger partial charge in [-0.05, 0) is 0 Å². The monoisotopic (exact) mass is 222 g/mol. The molecule has 0 unspecified atom stereocenters. The molecule has 11 heavy (non-hydrogen) atoms. The molecular formula is C7H14N2OSe. The molecule has 3 nitrogen and oxygen atoms in total. The molecule has 64 valence electrons. The van der Waals surface area contributed by atoms with Crippen molar-refractivity contribution in [3.8, 4) is 0 Å². The van der Waals surface area contributed by atoms with Crippen molar-refractivity contribution < 1.29 is 4.74 Å². The average molecular weight is 221 g/mol. The van der Waals surface area contributed by atoms with Crippen LogP contribution >= 0.6 is 0 Å². The van der Waals surface area contributed by atoms with Crippen LogP contribution in [0.15, 0.2) is 0 Å². The van der Waals surface area contributed by atoms with Gasteiger partial charge in [-0.1, -0.05) is 0 Å². The van der Waals surface area contributed by atoms with Gasteiger partial charge in [0.2, 0.25) is 0 Å². The maximum atomic E-state index is 5.24. The summed E-state index contributed by atoms with van der Waals surface area (Å²) in [6.07, 6.45) is 0. The van der Waals surface area contributed by atoms with Gasteiger partial charge in [0.15, 0.2) is 0 Å². The Balaban J connectivity index is 2.39. The molecule has 0 aromatic rings. The van der Waals surface area contributed by atoms with E-state index < -0.39 is 0 Å². The molecule has 1 rings (SSSR count). The second-order valence-corrected chi connectivity index (χ2v) is 3.54. The minimum absolute atomic E-state index is 0.846. The van der Waals surface area contributed by atoms with Crippen LogP contribution in [0.1, 0.15) is 0 Å². The fourth-order valence-electron chi connectivity index (χ4n) is 1.04. The van der Waals surface area contributed by atoms with Crippen molar-refractivity contribution >= 4 is 20.2 Å². The summed E-state index contributed by atoms with van der Waals surface area (Å²) in [5.74, 6) is 0. The molecule has 0 spiro atoms. The Morgan fingerprint density at radius 2 is 1.91 bits per heavy atom. The Kier molecular flexibility index (Phi) is 3.37. The van der Waals surface area contributed by atoms with E-state index in [0.29, 0.717) is 0 Å². The van der Waals surface area contributed by atoms with Crippen LogP contribution < -0.4 is 0 Å². The van der Waals surface area contributed by atoms with Crippen LogP contribution in [0.3, 0.4) is 0 Å². The Morgan fingerprint density at radius 1 is 1.36 bits per heavy atom. The molecule has 1 fully saturated rings. The summed E-state index contributed by atoms with van der Waals surface area (Å²) in [4.78, 5) is 4.38. The fraction of sp³-hybridized carbons (Fsp3) is 0.857. The zero-order valence-electron chi connectivity index (χ0n) is 7.04. The molecule has 0 saturated carbocycles. The second-order valence-electron chi connectivity index (χ2n) is 2.78. The number of morpholine rings is 1. The average Bonchev–Trinajstić information content (AvgIpc) is 2.05. The molecule has 1 saturated heterocycles. The summed E-state index contributed by atoms with van der Waals surface area (Å²) in [7, 11) is 4.09. The Hall–Kier alpha value is -0.0505. The van der Waals surface area contributed by atoms with Crippen LogP contribution in [-0.4, -0.2) is 70.4 Å². The van der Waals surface area contributed by atoms with E-state index in [1.807, 2.05) is 14.1 Å². The molecule has 1 aliphatic rings. The van der Waals surface area contributed by atoms with Gasteiger partial charge in [0.05, 0.1) is 0 Å². The predicted octanol–water partition coefficient (Wildman–Crippen LogP) is -0.864. The predicted molar refractivity (Wildman–Crippen MR) is 46.8 cm³/mol. The van der Waals surface area contributed by atoms with Crippen molar-refractivity contribution in [1.29, 1.82) is 0 Å². The summed E-state index contributed by atoms with van der Waals surface area (Å²) >= 11 is 3.06. The van der Waals surface area contributed by atoms with Gasteiger partial charge >= 0.3 is 75.2 Å². The molecular weight excluding hydrogens is 207 g/mol. The first-order chi connectivity index (χ1) is 5.22. The summed E-state index contributed by atoms with van der Waals surface area (Å²) in [6, 6.07) is 0. The first-order valence-corrected chi connectivity index (χ1v) is 4.61. The molecule has 1 heterocycles. The Labute approximate surface area is 75.7 Å². The van der Waals surface area contributed by atoms with Crippen LogP contribution in [0.4, 0.5) is 0 Å². The van der Waals surface area contributed by atoms with Crippen molar-refractivity contribution in [2.24, 2.45) is 0 Å². The Bertz CT molecular complexity index is 143. The fourth-order valence-corrected chi connectivity index (χ4v) is 1.42. The summed E-state index contributed by atoms with van der Waals surface area (Å²) in [5.41, 5.74) is 0. The summed E-state index contributed by atoms with van der Waals surface area (Å²) in [5, 5.41) is 0. The number of hydrogen-bond donors (Lipinski definition) is 0. The van der Waals surface area contributed by atoms with E-state index in [-0.39, 0.29) is 0 Å². The molecule has 0 N–H and O–H groups in total. The normalized spacial score (nSPS) is 18.2. The van der Waals surface area contributed by atoms with Gasteiger partial charge in [0, 0.05) is 0 Å². The van der Waals surface area contributed by atoms with Crippen molar-refractivity contribution in [2.75, 3.05) is 40.4 Å². The molecule has 4 heteroatoms. The van der Waals surface area contributed by atoms with E-state index in [1.54, 1.807) is 0 Å². The van der Waals surface area contributed by atoms with Gasteiger partial charge in [-0.2, -0.15) is 0 Å². The zero-order chi connectivity index (χ0) is 8.27. The van der Waals surface area contributed by atoms with E-state index in [4.69, 9.17) is 4.74 Å². The summed E-state index contributed by atoms with van der Waals surface area (Å²) in [6.45, 7) is 3.69. The van der Waals surface area contributed by atoms with Gasteiger partial charge in [-0.15, -0.1) is 0 Å². The van der Waals surface area contributed by atoms with Crippen molar-refractivity contribution in [3.63, 3.8) is 0 Å². The Morgan fingerprint density at radius 3 is 2.36 bits per heavy atom. The first kappa shape index (κ1) is 9.04. The van der Waals surface area contributed by atoms with E-state index in [9.17, 15) is 0 Å². The van der Waals surface area contributed by atoms with Crippen LogP contribution in [0.5, 0.6) is 0 Å². The maximum absolute atomic E-state index is 5.24. The van der Waals surface area contributed by atoms with E-state index in [1.165, 1.54) is 4.67 Å². The van der Waals surface area contributed by atoms with Gasteiger partial charge in [0.1, 0.15) is 0 Å². The standard InChI is InChI=1S/C7H14N2OSe/c1-8(2)7(11)9-3-5-10-6-4-9/h3-6H2,1-2H3. The minimum atomic E-state index is 0.846. The van der Waals surface area contributed by atoms with Gasteiger partial charge < -0.3 is 0 Å². The number of rotatable bonds is 2. The third kappa shape index (κ3) is 2.47. The van der Waals surface area contributed by atoms with Gasteiger partial charge in [-0.3, -0.25) is 0 Å². The topological polar surface area (TPSA) is 15.7 Å². The number of hydrogen-bond acceptors (Lipinski definition) is 3. The van der Waals surface area contributed by atoms with Gasteiger partial charge in [0.25, 0.3) is 0 Å². The van der Waals surface area contributed by atoms with Crippen LogP contribution in [0, 0.1) is 0 Å². The van der Waals surface area contributed by atoms with Crippen LogP contribution in [0.2, 0.25) is 0 Å². The molecule has 0 aliphatic carbocycles. The molecule has 1 aliphatic heterocycles. The van der Waals surface area contributed by atoms with E-state index in [0.717, 1.165) is 26.3 Å². The second kappa shape index (κ2) is 4.10. The van der Waals surface area contributed by atoms with Crippen molar-refractivity contribution in [1.82, 2.24) is 9.80 Å². The van der Waals surface area contributed by atoms with Crippen LogP contribution in [0.25, 0.3) is 0 Å². The summed E-state index contributed by atoms with van der Waals surface area (Å²) < 4.78 is 6.44. The third-order valence-corrected chi connectivity index (χ3v) is 2.97. The first-order valence-electron chi connectivity index (χ1n) is 3.76. The molecule has 0 atom stereocenters. The van der Waals surface area contributed by atoms with Crippen molar-refractivity contribution in [2.45, 2.75) is 0 Å². The molecule has 0 bridgehead atoms. The SMILES string of the molecule is CN(C)C(=[Se])N1CCOCC1. The van der Waals surface area contributed by atoms with Crippen molar-refractivity contribution in [3.05, 3.63) is 0 Å². The molecule has 0 aromatic carbocycles. The number of nitrogens with zero attached hydrogens (tertiary/aromatic N) is 2. The van der Waals surface area contributed by atoms with E-state index in [2.05, 4.69) is 25.4 Å². The number of ether oxygens (including phenoxy) is 1. The van der Waals surface area contributed by atoms with E-state index >= 15 is 0 Å². The van der Waals surface area contributed by atoms with Gasteiger partial charge in [-0.25, -0.2) is 0 Å². The third-order valence-electron chi connectivity index (χ3n) is 1.66. The molecule has 0 amide bonds. The molecule has 0 aromatic heterocycles. The molecule has 0 radical (unpaired) electrons.